The van der Waals surface area contributed by atoms with Crippen molar-refractivity contribution in [1.82, 2.24) is 15.0 Å². The molecule has 0 radical (unpaired) electrons. The molecule has 0 N–H and O–H groups in total. The van der Waals surface area contributed by atoms with Crippen LogP contribution >= 0.6 is 0 Å². The van der Waals surface area contributed by atoms with Gasteiger partial charge in [-0.2, -0.15) is 19.3 Å². The van der Waals surface area contributed by atoms with Gasteiger partial charge in [0, 0.05) is 11.6 Å². The molecule has 1 aromatic heterocycles. The lowest BCUT2D eigenvalue weighted by Crippen LogP contribution is -2.54. The minimum absolute atomic E-state index is 0.0640. The van der Waals surface area contributed by atoms with E-state index in [0.29, 0.717) is 35.1 Å². The SMILES string of the molecule is CCCCCN1C(=O)C2C=CC=CC2=[N+](Cc2nc(-c3cc(OC)cc(OC)c3)no2)C1=O. The zero-order valence-electron chi connectivity index (χ0n) is 19.0. The van der Waals surface area contributed by atoms with Crippen LogP contribution in [0.1, 0.15) is 32.1 Å². The number of hydrogen-bond acceptors (Lipinski definition) is 7. The Bertz CT molecular complexity index is 1130. The molecule has 2 heterocycles. The fraction of sp³-hybridized carbons (Fsp3) is 0.375. The summed E-state index contributed by atoms with van der Waals surface area (Å²) >= 11 is 0. The Labute approximate surface area is 192 Å². The summed E-state index contributed by atoms with van der Waals surface area (Å²) in [4.78, 5) is 32.0. The Morgan fingerprint density at radius 2 is 1.85 bits per heavy atom. The summed E-state index contributed by atoms with van der Waals surface area (Å²) in [5.41, 5.74) is 1.27. The summed E-state index contributed by atoms with van der Waals surface area (Å²) in [6.07, 6.45) is 9.96. The lowest BCUT2D eigenvalue weighted by molar-refractivity contribution is -0.460. The van der Waals surface area contributed by atoms with Crippen LogP contribution in [0, 0.1) is 5.92 Å². The third-order valence-electron chi connectivity index (χ3n) is 5.66. The highest BCUT2D eigenvalue weighted by atomic mass is 16.5. The second kappa shape index (κ2) is 9.81. The molecular weight excluding hydrogens is 424 g/mol. The number of unbranched alkanes of at least 4 members (excludes halogenated alkanes) is 2. The van der Waals surface area contributed by atoms with Crippen LogP contribution < -0.4 is 9.47 Å². The first-order valence-corrected chi connectivity index (χ1v) is 11.0. The van der Waals surface area contributed by atoms with Crippen LogP contribution in [0.4, 0.5) is 4.79 Å². The first kappa shape index (κ1) is 22.4. The zero-order chi connectivity index (χ0) is 23.4. The highest BCUT2D eigenvalue weighted by Gasteiger charge is 2.46. The molecule has 9 heteroatoms. The Morgan fingerprint density at radius 3 is 2.55 bits per heavy atom. The summed E-state index contributed by atoms with van der Waals surface area (Å²) in [7, 11) is 3.13. The molecule has 1 aromatic carbocycles. The van der Waals surface area contributed by atoms with Gasteiger partial charge in [-0.3, -0.25) is 0 Å². The number of fused-ring (bicyclic) bond motifs is 1. The molecule has 0 spiro atoms. The molecule has 0 saturated heterocycles. The number of methoxy groups -OCH3 is 2. The monoisotopic (exact) mass is 451 g/mol. The van der Waals surface area contributed by atoms with Gasteiger partial charge in [-0.25, -0.2) is 4.79 Å². The predicted molar refractivity (Wildman–Crippen MR) is 120 cm³/mol. The molecule has 2 aromatic rings. The van der Waals surface area contributed by atoms with Gasteiger partial charge in [0.2, 0.25) is 5.82 Å². The molecule has 33 heavy (non-hydrogen) atoms. The molecule has 0 saturated carbocycles. The van der Waals surface area contributed by atoms with Gasteiger partial charge in [0.15, 0.2) is 6.54 Å². The number of ether oxygens (including phenoxy) is 2. The fourth-order valence-electron chi connectivity index (χ4n) is 3.91. The minimum atomic E-state index is -0.501. The quantitative estimate of drug-likeness (QED) is 0.424. The Hall–Kier alpha value is -3.75. The number of carbonyl (C=O) groups excluding carboxylic acids is 2. The number of amides is 3. The minimum Gasteiger partial charge on any atom is -0.497 e. The maximum Gasteiger partial charge on any atom is 0.501 e. The maximum atomic E-state index is 13.3. The number of nitrogens with zero attached hydrogens (tertiary/aromatic N) is 4. The fourth-order valence-corrected chi connectivity index (χ4v) is 3.91. The van der Waals surface area contributed by atoms with Crippen LogP contribution in [0.5, 0.6) is 11.5 Å². The van der Waals surface area contributed by atoms with E-state index in [-0.39, 0.29) is 24.4 Å². The van der Waals surface area contributed by atoms with Gasteiger partial charge in [-0.1, -0.05) is 36.7 Å². The lowest BCUT2D eigenvalue weighted by Gasteiger charge is -2.26. The second-order valence-corrected chi connectivity index (χ2v) is 7.83. The first-order chi connectivity index (χ1) is 16.0. The van der Waals surface area contributed by atoms with Crippen molar-refractivity contribution in [2.24, 2.45) is 5.92 Å². The van der Waals surface area contributed by atoms with Crippen molar-refractivity contribution in [2.45, 2.75) is 32.7 Å². The summed E-state index contributed by atoms with van der Waals surface area (Å²) in [6.45, 7) is 2.54. The summed E-state index contributed by atoms with van der Waals surface area (Å²) in [6, 6.07) is 4.93. The van der Waals surface area contributed by atoms with Crippen LogP contribution in [0.2, 0.25) is 0 Å². The summed E-state index contributed by atoms with van der Waals surface area (Å²) < 4.78 is 17.6. The molecule has 1 aliphatic heterocycles. The third kappa shape index (κ3) is 4.57. The van der Waals surface area contributed by atoms with Gasteiger partial charge in [0.05, 0.1) is 20.8 Å². The summed E-state index contributed by atoms with van der Waals surface area (Å²) in [5, 5.41) is 4.07. The maximum absolute atomic E-state index is 13.3. The lowest BCUT2D eigenvalue weighted by atomic mass is 9.94. The predicted octanol–water partition coefficient (Wildman–Crippen LogP) is 3.60. The van der Waals surface area contributed by atoms with Gasteiger partial charge in [0.25, 0.3) is 5.89 Å². The van der Waals surface area contributed by atoms with E-state index in [1.165, 1.54) is 4.90 Å². The molecule has 1 aliphatic carbocycles. The van der Waals surface area contributed by atoms with Gasteiger partial charge in [0.1, 0.15) is 23.1 Å². The average molecular weight is 452 g/mol. The van der Waals surface area contributed by atoms with Gasteiger partial charge < -0.3 is 14.0 Å². The van der Waals surface area contributed by atoms with E-state index < -0.39 is 5.92 Å². The molecule has 3 amide bonds. The highest BCUT2D eigenvalue weighted by Crippen LogP contribution is 2.28. The van der Waals surface area contributed by atoms with Crippen molar-refractivity contribution in [3.8, 4) is 22.9 Å². The van der Waals surface area contributed by atoms with Gasteiger partial charge >= 0.3 is 11.9 Å². The van der Waals surface area contributed by atoms with Crippen LogP contribution in [-0.4, -0.2) is 58.0 Å². The van der Waals surface area contributed by atoms with E-state index in [4.69, 9.17) is 14.0 Å². The molecule has 9 nitrogen and oxygen atoms in total. The standard InChI is InChI=1S/C24H27N4O5/c1-4-5-8-11-27-23(29)19-9-6-7-10-20(19)28(24(27)30)15-21-25-22(26-33-21)16-12-17(31-2)14-18(13-16)32-3/h6-7,9-10,12-14,19H,4-5,8,11,15H2,1-3H3/q+1. The molecule has 172 valence electrons. The molecule has 1 atom stereocenters. The second-order valence-electron chi connectivity index (χ2n) is 7.83. The Balaban J connectivity index is 1.63. The number of aromatic nitrogens is 2. The topological polar surface area (TPSA) is 97.8 Å². The molecule has 1 unspecified atom stereocenters. The molecular formula is C24H27N4O5+. The van der Waals surface area contributed by atoms with E-state index >= 15 is 0 Å². The number of urea groups is 1. The van der Waals surface area contributed by atoms with E-state index in [2.05, 4.69) is 17.1 Å². The third-order valence-corrected chi connectivity index (χ3v) is 5.66. The van der Waals surface area contributed by atoms with Crippen molar-refractivity contribution in [2.75, 3.05) is 20.8 Å². The van der Waals surface area contributed by atoms with Crippen molar-refractivity contribution >= 4 is 17.6 Å². The number of rotatable bonds is 9. The smallest absolute Gasteiger partial charge is 0.497 e. The number of allylic oxidation sites excluding steroid dienone is 3. The zero-order valence-corrected chi connectivity index (χ0v) is 19.0. The van der Waals surface area contributed by atoms with Crippen molar-refractivity contribution in [3.05, 3.63) is 48.4 Å². The van der Waals surface area contributed by atoms with Crippen molar-refractivity contribution in [1.29, 1.82) is 0 Å². The molecule has 0 fully saturated rings. The van der Waals surface area contributed by atoms with Gasteiger partial charge in [-0.05, 0) is 31.1 Å². The van der Waals surface area contributed by atoms with E-state index in [1.54, 1.807) is 43.1 Å². The van der Waals surface area contributed by atoms with Crippen molar-refractivity contribution in [3.63, 3.8) is 0 Å². The van der Waals surface area contributed by atoms with E-state index in [9.17, 15) is 9.59 Å². The largest absolute Gasteiger partial charge is 0.501 e. The summed E-state index contributed by atoms with van der Waals surface area (Å²) in [5.74, 6) is 1.11. The van der Waals surface area contributed by atoms with Gasteiger partial charge in [-0.15, -0.1) is 0 Å². The molecule has 4 rings (SSSR count). The van der Waals surface area contributed by atoms with Crippen LogP contribution in [0.15, 0.2) is 47.0 Å². The van der Waals surface area contributed by atoms with Crippen LogP contribution in [-0.2, 0) is 11.3 Å². The Kier molecular flexibility index (Phi) is 6.67. The van der Waals surface area contributed by atoms with Crippen LogP contribution in [0.25, 0.3) is 11.4 Å². The normalized spacial score (nSPS) is 17.5. The average Bonchev–Trinajstić information content (AvgIpc) is 3.32. The number of benzene rings is 1. The number of hydrogen-bond donors (Lipinski definition) is 0. The van der Waals surface area contributed by atoms with Crippen molar-refractivity contribution < 1.29 is 28.2 Å². The highest BCUT2D eigenvalue weighted by molar-refractivity contribution is 6.16. The van der Waals surface area contributed by atoms with E-state index in [0.717, 1.165) is 19.3 Å². The molecule has 2 aliphatic rings. The van der Waals surface area contributed by atoms with Crippen LogP contribution in [0.3, 0.4) is 0 Å². The number of imide groups is 1. The first-order valence-electron chi connectivity index (χ1n) is 11.0. The Morgan fingerprint density at radius 1 is 1.09 bits per heavy atom. The number of carbonyl (C=O) groups is 2. The van der Waals surface area contributed by atoms with E-state index in [1.807, 2.05) is 18.2 Å². The molecule has 0 bridgehead atoms.